The van der Waals surface area contributed by atoms with Crippen molar-refractivity contribution in [2.75, 3.05) is 13.1 Å². The molecule has 2 bridgehead atoms. The average Bonchev–Trinajstić information content (AvgIpc) is 2.47. The molecule has 21 heavy (non-hydrogen) atoms. The van der Waals surface area contributed by atoms with Crippen molar-refractivity contribution in [3.05, 3.63) is 30.1 Å². The fourth-order valence-corrected chi connectivity index (χ4v) is 4.17. The van der Waals surface area contributed by atoms with Crippen molar-refractivity contribution in [3.8, 4) is 0 Å². The molecule has 3 heteroatoms. The third-order valence-corrected chi connectivity index (χ3v) is 5.41. The third kappa shape index (κ3) is 3.29. The van der Waals surface area contributed by atoms with Crippen molar-refractivity contribution in [2.24, 2.45) is 11.8 Å². The molecule has 1 saturated heterocycles. The lowest BCUT2D eigenvalue weighted by molar-refractivity contribution is 0.0255. The van der Waals surface area contributed by atoms with Crippen LogP contribution >= 0.6 is 0 Å². The predicted molar refractivity (Wildman–Crippen MR) is 87.1 cm³/mol. The molecule has 1 aliphatic heterocycles. The first kappa shape index (κ1) is 15.0. The smallest absolute Gasteiger partial charge is 0.0570 e. The Labute approximate surface area is 129 Å². The van der Waals surface area contributed by atoms with Gasteiger partial charge in [0.05, 0.1) is 5.69 Å². The highest BCUT2D eigenvalue weighted by Crippen LogP contribution is 2.36. The van der Waals surface area contributed by atoms with Crippen LogP contribution < -0.4 is 5.32 Å². The van der Waals surface area contributed by atoms with Gasteiger partial charge in [0.25, 0.3) is 0 Å². The summed E-state index contributed by atoms with van der Waals surface area (Å²) in [4.78, 5) is 7.19. The topological polar surface area (TPSA) is 28.2 Å². The van der Waals surface area contributed by atoms with Gasteiger partial charge in [0.1, 0.15) is 0 Å². The number of hydrogen-bond acceptors (Lipinski definition) is 3. The summed E-state index contributed by atoms with van der Waals surface area (Å²) >= 11 is 0. The van der Waals surface area contributed by atoms with Crippen molar-refractivity contribution in [1.82, 2.24) is 15.2 Å². The molecule has 1 aromatic rings. The minimum atomic E-state index is 0.352. The zero-order valence-electron chi connectivity index (χ0n) is 13.6. The van der Waals surface area contributed by atoms with E-state index in [0.717, 1.165) is 11.8 Å². The number of nitrogens with one attached hydrogen (secondary N) is 1. The number of aromatic nitrogens is 1. The van der Waals surface area contributed by atoms with Crippen LogP contribution in [0.1, 0.15) is 51.8 Å². The van der Waals surface area contributed by atoms with E-state index in [0.29, 0.717) is 18.1 Å². The van der Waals surface area contributed by atoms with Crippen molar-refractivity contribution in [1.29, 1.82) is 0 Å². The van der Waals surface area contributed by atoms with E-state index < -0.39 is 0 Å². The lowest BCUT2D eigenvalue weighted by atomic mass is 9.73. The van der Waals surface area contributed by atoms with Crippen LogP contribution in [0.4, 0.5) is 0 Å². The second kappa shape index (κ2) is 6.45. The Bertz CT molecular complexity index is 431. The molecule has 1 saturated carbocycles. The van der Waals surface area contributed by atoms with Crippen molar-refractivity contribution >= 4 is 0 Å². The van der Waals surface area contributed by atoms with Gasteiger partial charge in [0, 0.05) is 37.4 Å². The Hall–Kier alpha value is -0.930. The molecule has 3 nitrogen and oxygen atoms in total. The molecule has 0 aromatic carbocycles. The van der Waals surface area contributed by atoms with Gasteiger partial charge in [-0.05, 0) is 57.6 Å². The number of likely N-dealkylation sites (tertiary alicyclic amines) is 1. The summed E-state index contributed by atoms with van der Waals surface area (Å²) in [5.74, 6) is 1.62. The highest BCUT2D eigenvalue weighted by Gasteiger charge is 2.40. The Morgan fingerprint density at radius 1 is 1.14 bits per heavy atom. The van der Waals surface area contributed by atoms with E-state index >= 15 is 0 Å². The Balaban J connectivity index is 1.68. The standard InChI is InChI=1S/C18H29N3/c1-13(2)21-11-15-7-6-8-16(12-21)18(15)20-14(3)17-9-4-5-10-19-17/h4-5,9-10,13-16,18,20H,6-8,11-12H2,1-3H3. The summed E-state index contributed by atoms with van der Waals surface area (Å²) in [6.07, 6.45) is 6.08. The molecule has 0 radical (unpaired) electrons. The molecule has 1 aliphatic carbocycles. The minimum Gasteiger partial charge on any atom is -0.305 e. The quantitative estimate of drug-likeness (QED) is 0.921. The summed E-state index contributed by atoms with van der Waals surface area (Å²) < 4.78 is 0. The molecule has 0 spiro atoms. The summed E-state index contributed by atoms with van der Waals surface area (Å²) in [5.41, 5.74) is 1.17. The molecule has 1 aromatic heterocycles. The van der Waals surface area contributed by atoms with E-state index in [1.54, 1.807) is 0 Å². The van der Waals surface area contributed by atoms with Gasteiger partial charge in [-0.3, -0.25) is 4.98 Å². The van der Waals surface area contributed by atoms with Gasteiger partial charge in [-0.2, -0.15) is 0 Å². The Morgan fingerprint density at radius 2 is 1.86 bits per heavy atom. The normalized spacial score (nSPS) is 31.3. The number of pyridine rings is 1. The van der Waals surface area contributed by atoms with Crippen LogP contribution in [0.25, 0.3) is 0 Å². The number of fused-ring (bicyclic) bond motifs is 2. The number of hydrogen-bond donors (Lipinski definition) is 1. The van der Waals surface area contributed by atoms with Gasteiger partial charge < -0.3 is 10.2 Å². The van der Waals surface area contributed by atoms with Gasteiger partial charge in [0.15, 0.2) is 0 Å². The molecular formula is C18H29N3. The Kier molecular flexibility index (Phi) is 4.60. The molecule has 3 rings (SSSR count). The van der Waals surface area contributed by atoms with Crippen LogP contribution in [-0.4, -0.2) is 35.1 Å². The first-order chi connectivity index (χ1) is 10.1. The fourth-order valence-electron chi connectivity index (χ4n) is 4.17. The van der Waals surface area contributed by atoms with Crippen LogP contribution in [0.5, 0.6) is 0 Å². The van der Waals surface area contributed by atoms with Gasteiger partial charge >= 0.3 is 0 Å². The van der Waals surface area contributed by atoms with E-state index in [1.807, 2.05) is 12.3 Å². The molecular weight excluding hydrogens is 258 g/mol. The van der Waals surface area contributed by atoms with Gasteiger partial charge in [-0.1, -0.05) is 12.5 Å². The monoisotopic (exact) mass is 287 g/mol. The molecule has 0 amide bonds. The number of nitrogens with zero attached hydrogens (tertiary/aromatic N) is 2. The highest BCUT2D eigenvalue weighted by atomic mass is 15.2. The van der Waals surface area contributed by atoms with Crippen LogP contribution in [0, 0.1) is 11.8 Å². The minimum absolute atomic E-state index is 0.352. The van der Waals surface area contributed by atoms with Gasteiger partial charge in [0.2, 0.25) is 0 Å². The maximum atomic E-state index is 4.51. The molecule has 2 fully saturated rings. The molecule has 116 valence electrons. The lowest BCUT2D eigenvalue weighted by Gasteiger charge is -2.49. The summed E-state index contributed by atoms with van der Waals surface area (Å²) in [6, 6.07) is 7.92. The summed E-state index contributed by atoms with van der Waals surface area (Å²) in [7, 11) is 0. The zero-order chi connectivity index (χ0) is 14.8. The molecule has 2 heterocycles. The average molecular weight is 287 g/mol. The summed E-state index contributed by atoms with van der Waals surface area (Å²) in [6.45, 7) is 9.45. The van der Waals surface area contributed by atoms with E-state index in [-0.39, 0.29) is 0 Å². The first-order valence-electron chi connectivity index (χ1n) is 8.56. The predicted octanol–water partition coefficient (Wildman–Crippen LogP) is 3.24. The second-order valence-electron chi connectivity index (χ2n) is 7.17. The maximum absolute atomic E-state index is 4.51. The number of piperidine rings is 1. The number of rotatable bonds is 4. The summed E-state index contributed by atoms with van der Waals surface area (Å²) in [5, 5.41) is 3.91. The van der Waals surface area contributed by atoms with Gasteiger partial charge in [-0.15, -0.1) is 0 Å². The maximum Gasteiger partial charge on any atom is 0.0570 e. The van der Waals surface area contributed by atoms with E-state index in [4.69, 9.17) is 0 Å². The molecule has 1 N–H and O–H groups in total. The largest absolute Gasteiger partial charge is 0.305 e. The highest BCUT2D eigenvalue weighted by molar-refractivity contribution is 5.09. The first-order valence-corrected chi connectivity index (χ1v) is 8.56. The molecule has 3 atom stereocenters. The van der Waals surface area contributed by atoms with Crippen molar-refractivity contribution < 1.29 is 0 Å². The third-order valence-electron chi connectivity index (χ3n) is 5.41. The zero-order valence-corrected chi connectivity index (χ0v) is 13.6. The Morgan fingerprint density at radius 3 is 2.43 bits per heavy atom. The SMILES string of the molecule is CC(NC1C2CCCC1CN(C(C)C)C2)c1ccccn1. The van der Waals surface area contributed by atoms with Crippen LogP contribution in [0.3, 0.4) is 0 Å². The van der Waals surface area contributed by atoms with Crippen molar-refractivity contribution in [3.63, 3.8) is 0 Å². The van der Waals surface area contributed by atoms with E-state index in [2.05, 4.69) is 48.1 Å². The van der Waals surface area contributed by atoms with Crippen LogP contribution in [-0.2, 0) is 0 Å². The molecule has 2 aliphatic rings. The van der Waals surface area contributed by atoms with Gasteiger partial charge in [-0.25, -0.2) is 0 Å². The van der Waals surface area contributed by atoms with E-state index in [1.165, 1.54) is 38.0 Å². The van der Waals surface area contributed by atoms with Crippen molar-refractivity contribution in [2.45, 2.75) is 58.2 Å². The fraction of sp³-hybridized carbons (Fsp3) is 0.722. The lowest BCUT2D eigenvalue weighted by Crippen LogP contribution is -2.58. The van der Waals surface area contributed by atoms with Crippen LogP contribution in [0.15, 0.2) is 24.4 Å². The van der Waals surface area contributed by atoms with E-state index in [9.17, 15) is 0 Å². The van der Waals surface area contributed by atoms with Crippen LogP contribution in [0.2, 0.25) is 0 Å². The second-order valence-corrected chi connectivity index (χ2v) is 7.17. The molecule has 3 unspecified atom stereocenters.